The average Bonchev–Trinajstić information content (AvgIpc) is 3.06. The lowest BCUT2D eigenvalue weighted by Gasteiger charge is -2.14. The van der Waals surface area contributed by atoms with E-state index in [0.29, 0.717) is 0 Å². The largest absolute Gasteiger partial charge is 0.481 e. The number of carboxylic acid groups (broad SMARTS) is 1. The normalized spacial score (nSPS) is 14.6. The van der Waals surface area contributed by atoms with Crippen LogP contribution in [0.1, 0.15) is 25.0 Å². The van der Waals surface area contributed by atoms with Crippen LogP contribution in [0.4, 0.5) is 8.78 Å². The van der Waals surface area contributed by atoms with Gasteiger partial charge in [-0.15, -0.1) is 0 Å². The van der Waals surface area contributed by atoms with Gasteiger partial charge in [0.2, 0.25) is 11.3 Å². The van der Waals surface area contributed by atoms with Gasteiger partial charge in [-0.05, 0) is 30.7 Å². The third-order valence-electron chi connectivity index (χ3n) is 4.83. The minimum absolute atomic E-state index is 0.00587. The van der Waals surface area contributed by atoms with Gasteiger partial charge >= 0.3 is 5.97 Å². The third-order valence-corrected chi connectivity index (χ3v) is 6.60. The number of hydrogen-bond donors (Lipinski definition) is 3. The Morgan fingerprint density at radius 1 is 1.20 bits per heavy atom. The van der Waals surface area contributed by atoms with Gasteiger partial charge in [-0.25, -0.2) is 8.78 Å². The van der Waals surface area contributed by atoms with Crippen molar-refractivity contribution < 1.29 is 28.3 Å². The number of benzene rings is 1. The topological polar surface area (TPSA) is 120 Å². The second-order valence-electron chi connectivity index (χ2n) is 7.33. The molecule has 1 aromatic heterocycles. The maximum Gasteiger partial charge on any atom is 0.303 e. The number of nitrogens with zero attached hydrogens (tertiary/aromatic N) is 1. The number of thiocarbonyl (C=S) groups is 1. The number of aromatic nitrogens is 1. The summed E-state index contributed by atoms with van der Waals surface area (Å²) in [7, 11) is 0. The number of halogens is 3. The molecule has 0 saturated carbocycles. The summed E-state index contributed by atoms with van der Waals surface area (Å²) >= 11 is 12.3. The second kappa shape index (κ2) is 11.6. The molecule has 0 bridgehead atoms. The van der Waals surface area contributed by atoms with Gasteiger partial charge < -0.3 is 15.4 Å². The van der Waals surface area contributed by atoms with Gasteiger partial charge in [0.05, 0.1) is 10.6 Å². The molecule has 1 saturated heterocycles. The van der Waals surface area contributed by atoms with Crippen LogP contribution in [0.25, 0.3) is 17.3 Å². The number of carboxylic acids is 1. The first-order valence-corrected chi connectivity index (χ1v) is 11.8. The molecule has 0 atom stereocenters. The van der Waals surface area contributed by atoms with E-state index >= 15 is 0 Å². The molecule has 2 heterocycles. The summed E-state index contributed by atoms with van der Waals surface area (Å²) in [6.45, 7) is 0.204. The van der Waals surface area contributed by atoms with Crippen LogP contribution in [-0.4, -0.2) is 50.2 Å². The van der Waals surface area contributed by atoms with Crippen LogP contribution in [-0.2, 0) is 14.4 Å². The number of thioether (sulfide) groups is 1. The van der Waals surface area contributed by atoms with Crippen LogP contribution in [0.5, 0.6) is 0 Å². The molecular weight excluding hydrogens is 524 g/mol. The Labute approximate surface area is 212 Å². The quantitative estimate of drug-likeness (QED) is 0.252. The number of aliphatic carboxylic acids is 1. The second-order valence-corrected chi connectivity index (χ2v) is 9.39. The van der Waals surface area contributed by atoms with E-state index in [-0.39, 0.29) is 69.5 Å². The lowest BCUT2D eigenvalue weighted by molar-refractivity contribution is -0.137. The fraction of sp³-hybridized carbons (Fsp3) is 0.227. The Kier molecular flexibility index (Phi) is 8.76. The minimum atomic E-state index is -1.09. The predicted octanol–water partition coefficient (Wildman–Crippen LogP) is 3.55. The Morgan fingerprint density at radius 3 is 2.63 bits per heavy atom. The lowest BCUT2D eigenvalue weighted by Crippen LogP contribution is -2.33. The molecule has 35 heavy (non-hydrogen) atoms. The number of H-pyrrole nitrogens is 1. The van der Waals surface area contributed by atoms with E-state index in [1.54, 1.807) is 0 Å². The van der Waals surface area contributed by atoms with Crippen molar-refractivity contribution in [3.05, 3.63) is 61.7 Å². The highest BCUT2D eigenvalue weighted by Crippen LogP contribution is 2.33. The number of nitrogens with one attached hydrogen (secondary N) is 2. The van der Waals surface area contributed by atoms with Crippen LogP contribution in [0.2, 0.25) is 5.02 Å². The van der Waals surface area contributed by atoms with E-state index in [1.807, 2.05) is 0 Å². The van der Waals surface area contributed by atoms with Crippen molar-refractivity contribution >= 4 is 63.8 Å². The molecule has 184 valence electrons. The van der Waals surface area contributed by atoms with Crippen LogP contribution in [0.3, 0.4) is 0 Å². The summed E-state index contributed by atoms with van der Waals surface area (Å²) in [4.78, 5) is 51.9. The smallest absolute Gasteiger partial charge is 0.303 e. The van der Waals surface area contributed by atoms with Gasteiger partial charge in [-0.1, -0.05) is 35.6 Å². The number of aromatic amines is 1. The van der Waals surface area contributed by atoms with Crippen LogP contribution in [0.15, 0.2) is 34.0 Å². The predicted molar refractivity (Wildman–Crippen MR) is 132 cm³/mol. The number of carbonyl (C=O) groups is 3. The van der Waals surface area contributed by atoms with Crippen molar-refractivity contribution in [2.45, 2.75) is 19.3 Å². The molecular formula is C22H18ClF2N3O5S2. The maximum atomic E-state index is 13.6. The van der Waals surface area contributed by atoms with Crippen LogP contribution < -0.4 is 10.7 Å². The Hall–Kier alpha value is -3.09. The van der Waals surface area contributed by atoms with Crippen LogP contribution >= 0.6 is 35.6 Å². The van der Waals surface area contributed by atoms with Crippen molar-refractivity contribution in [1.82, 2.24) is 15.2 Å². The summed E-state index contributed by atoms with van der Waals surface area (Å²) in [6.07, 6.45) is 1.50. The standard InChI is InChI=1S/C22H18ClF2N3O5S2/c23-20-15(27-14(9-16(20)29)11-3-4-12(24)13(25)8-11)10-17-21(33)28(22(34)35-17)7-5-18(30)26-6-1-2-19(31)32/h3-4,8-10H,1-2,5-7H2,(H,26,30)(H,27,29)(H,31,32)/b17-10-. The number of rotatable bonds is 9. The van der Waals surface area contributed by atoms with Gasteiger partial charge in [-0.3, -0.25) is 24.1 Å². The molecule has 0 unspecified atom stereocenters. The Morgan fingerprint density at radius 2 is 1.94 bits per heavy atom. The number of pyridine rings is 1. The van der Waals surface area contributed by atoms with Crippen molar-refractivity contribution in [2.24, 2.45) is 0 Å². The highest BCUT2D eigenvalue weighted by atomic mass is 35.5. The zero-order valence-corrected chi connectivity index (χ0v) is 20.3. The molecule has 3 N–H and O–H groups in total. The van der Waals surface area contributed by atoms with Gasteiger partial charge in [0, 0.05) is 43.3 Å². The summed E-state index contributed by atoms with van der Waals surface area (Å²) in [5.74, 6) is -3.94. The van der Waals surface area contributed by atoms with Crippen molar-refractivity contribution in [3.8, 4) is 11.3 Å². The zero-order chi connectivity index (χ0) is 25.7. The molecule has 1 aromatic carbocycles. The average molecular weight is 542 g/mol. The molecule has 3 rings (SSSR count). The molecule has 2 amide bonds. The fourth-order valence-corrected chi connectivity index (χ4v) is 4.52. The van der Waals surface area contributed by atoms with E-state index in [2.05, 4.69) is 10.3 Å². The van der Waals surface area contributed by atoms with Gasteiger partial charge in [0.1, 0.15) is 9.34 Å². The molecule has 13 heteroatoms. The molecule has 1 fully saturated rings. The van der Waals surface area contributed by atoms with Gasteiger partial charge in [0.25, 0.3) is 5.91 Å². The van der Waals surface area contributed by atoms with Crippen molar-refractivity contribution in [3.63, 3.8) is 0 Å². The van der Waals surface area contributed by atoms with Crippen molar-refractivity contribution in [1.29, 1.82) is 0 Å². The zero-order valence-electron chi connectivity index (χ0n) is 17.9. The summed E-state index contributed by atoms with van der Waals surface area (Å²) < 4.78 is 27.1. The number of amides is 2. The SMILES string of the molecule is O=C(O)CCCNC(=O)CCN1C(=O)/C(=C/c2[nH]c(-c3ccc(F)c(F)c3)cc(=O)c2Cl)SC1=S. The molecule has 2 aromatic rings. The first kappa shape index (κ1) is 26.5. The number of hydrogen-bond acceptors (Lipinski definition) is 6. The monoisotopic (exact) mass is 541 g/mol. The Bertz CT molecular complexity index is 1300. The first-order valence-electron chi connectivity index (χ1n) is 10.2. The lowest BCUT2D eigenvalue weighted by atomic mass is 10.1. The van der Waals surface area contributed by atoms with E-state index in [0.717, 1.165) is 30.0 Å². The highest BCUT2D eigenvalue weighted by Gasteiger charge is 2.32. The number of carbonyl (C=O) groups excluding carboxylic acids is 2. The summed E-state index contributed by atoms with van der Waals surface area (Å²) in [6, 6.07) is 4.26. The molecule has 0 aliphatic carbocycles. The van der Waals surface area contributed by atoms with Gasteiger partial charge in [0.15, 0.2) is 11.6 Å². The van der Waals surface area contributed by atoms with E-state index in [4.69, 9.17) is 28.9 Å². The fourth-order valence-electron chi connectivity index (χ4n) is 3.07. The van der Waals surface area contributed by atoms with E-state index < -0.39 is 28.9 Å². The third kappa shape index (κ3) is 6.74. The van der Waals surface area contributed by atoms with E-state index in [1.165, 1.54) is 17.0 Å². The highest BCUT2D eigenvalue weighted by molar-refractivity contribution is 8.26. The molecule has 0 spiro atoms. The molecule has 8 nitrogen and oxygen atoms in total. The molecule has 1 aliphatic rings. The van der Waals surface area contributed by atoms with E-state index in [9.17, 15) is 28.0 Å². The summed E-state index contributed by atoms with van der Waals surface area (Å²) in [5, 5.41) is 11.0. The van der Waals surface area contributed by atoms with Crippen LogP contribution in [0, 0.1) is 11.6 Å². The molecule has 1 aliphatic heterocycles. The Balaban J connectivity index is 1.73. The summed E-state index contributed by atoms with van der Waals surface area (Å²) in [5.41, 5.74) is -0.143. The first-order chi connectivity index (χ1) is 16.6. The maximum absolute atomic E-state index is 13.6. The minimum Gasteiger partial charge on any atom is -0.481 e. The van der Waals surface area contributed by atoms with Crippen molar-refractivity contribution in [2.75, 3.05) is 13.1 Å². The molecule has 0 radical (unpaired) electrons. The van der Waals surface area contributed by atoms with Gasteiger partial charge in [-0.2, -0.15) is 0 Å².